The monoisotopic (exact) mass is 301 g/mol. The van der Waals surface area contributed by atoms with Gasteiger partial charge in [-0.1, -0.05) is 6.07 Å². The van der Waals surface area contributed by atoms with E-state index in [4.69, 9.17) is 4.42 Å². The lowest BCUT2D eigenvalue weighted by Crippen LogP contribution is -2.28. The number of carbonyl (C=O) groups is 1. The molecule has 1 amide bonds. The highest BCUT2D eigenvalue weighted by molar-refractivity contribution is 5.94. The quantitative estimate of drug-likeness (QED) is 0.873. The van der Waals surface area contributed by atoms with E-state index < -0.39 is 35.1 Å². The molecule has 0 aliphatic carbocycles. The maximum absolute atomic E-state index is 13.8. The summed E-state index contributed by atoms with van der Waals surface area (Å²) in [6.45, 7) is 1.57. The predicted molar refractivity (Wildman–Crippen MR) is 66.0 cm³/mol. The summed E-state index contributed by atoms with van der Waals surface area (Å²) >= 11 is 0. The summed E-state index contributed by atoms with van der Waals surface area (Å²) in [7, 11) is 0. The van der Waals surface area contributed by atoms with Crippen LogP contribution < -0.4 is 5.32 Å². The van der Waals surface area contributed by atoms with Crippen molar-refractivity contribution in [2.75, 3.05) is 0 Å². The number of hydrogen-bond acceptors (Lipinski definition) is 2. The minimum absolute atomic E-state index is 0.413. The average molecular weight is 301 g/mol. The van der Waals surface area contributed by atoms with Crippen LogP contribution in [0, 0.1) is 5.82 Å². The van der Waals surface area contributed by atoms with E-state index in [0.29, 0.717) is 11.8 Å². The summed E-state index contributed by atoms with van der Waals surface area (Å²) < 4.78 is 56.6. The van der Waals surface area contributed by atoms with E-state index in [1.807, 2.05) is 0 Å². The van der Waals surface area contributed by atoms with Crippen molar-refractivity contribution >= 4 is 5.91 Å². The Labute approximate surface area is 117 Å². The van der Waals surface area contributed by atoms with Gasteiger partial charge in [-0.2, -0.15) is 13.2 Å². The fraction of sp³-hybridized carbons (Fsp3) is 0.214. The second kappa shape index (κ2) is 5.59. The molecule has 1 N–H and O–H groups in total. The first-order valence-corrected chi connectivity index (χ1v) is 6.00. The molecular weight excluding hydrogens is 290 g/mol. The van der Waals surface area contributed by atoms with Crippen molar-refractivity contribution in [1.29, 1.82) is 0 Å². The molecule has 0 saturated heterocycles. The van der Waals surface area contributed by atoms with Crippen LogP contribution in [0.3, 0.4) is 0 Å². The lowest BCUT2D eigenvalue weighted by atomic mass is 10.1. The molecule has 1 atom stereocenters. The Hall–Kier alpha value is -2.31. The van der Waals surface area contributed by atoms with Gasteiger partial charge in [0.25, 0.3) is 5.91 Å². The van der Waals surface area contributed by atoms with Crippen LogP contribution in [0.2, 0.25) is 0 Å². The second-order valence-corrected chi connectivity index (χ2v) is 4.38. The van der Waals surface area contributed by atoms with Gasteiger partial charge in [-0.15, -0.1) is 0 Å². The van der Waals surface area contributed by atoms with Crippen molar-refractivity contribution in [3.8, 4) is 0 Å². The van der Waals surface area contributed by atoms with E-state index in [1.165, 1.54) is 6.26 Å². The summed E-state index contributed by atoms with van der Waals surface area (Å²) in [6.07, 6.45) is -3.46. The van der Waals surface area contributed by atoms with Crippen molar-refractivity contribution in [2.24, 2.45) is 0 Å². The van der Waals surface area contributed by atoms with Crippen LogP contribution in [0.25, 0.3) is 0 Å². The molecule has 0 bridgehead atoms. The Balaban J connectivity index is 2.24. The molecular formula is C14H11F4NO2. The van der Waals surface area contributed by atoms with E-state index in [0.717, 1.165) is 12.1 Å². The van der Waals surface area contributed by atoms with E-state index in [1.54, 1.807) is 19.1 Å². The fourth-order valence-corrected chi connectivity index (χ4v) is 1.81. The maximum Gasteiger partial charge on any atom is 0.419 e. The number of amides is 1. The Morgan fingerprint density at radius 1 is 1.24 bits per heavy atom. The molecule has 1 unspecified atom stereocenters. The van der Waals surface area contributed by atoms with Crippen LogP contribution in [0.1, 0.15) is 34.6 Å². The number of furan rings is 1. The number of carbonyl (C=O) groups excluding carboxylic acids is 1. The Kier molecular flexibility index (Phi) is 4.02. The molecule has 0 fully saturated rings. The number of hydrogen-bond donors (Lipinski definition) is 1. The third kappa shape index (κ3) is 3.24. The molecule has 0 aliphatic heterocycles. The maximum atomic E-state index is 13.8. The molecule has 0 aliphatic rings. The highest BCUT2D eigenvalue weighted by Crippen LogP contribution is 2.32. The molecule has 1 aromatic heterocycles. The lowest BCUT2D eigenvalue weighted by Gasteiger charge is -2.14. The Morgan fingerprint density at radius 2 is 1.95 bits per heavy atom. The van der Waals surface area contributed by atoms with Gasteiger partial charge in [-0.05, 0) is 31.2 Å². The van der Waals surface area contributed by atoms with Crippen molar-refractivity contribution in [3.63, 3.8) is 0 Å². The highest BCUT2D eigenvalue weighted by atomic mass is 19.4. The first kappa shape index (κ1) is 15.1. The summed E-state index contributed by atoms with van der Waals surface area (Å²) in [5, 5.41) is 2.38. The van der Waals surface area contributed by atoms with Crippen LogP contribution in [-0.4, -0.2) is 5.91 Å². The largest absolute Gasteiger partial charge is 0.467 e. The van der Waals surface area contributed by atoms with Crippen molar-refractivity contribution in [3.05, 3.63) is 59.3 Å². The standard InChI is InChI=1S/C14H11F4NO2/c1-8(11-6-3-7-21-11)19-13(20)9-4-2-5-10(12(9)15)14(16,17)18/h2-8H,1H3,(H,19,20). The zero-order chi connectivity index (χ0) is 15.6. The third-order valence-corrected chi connectivity index (χ3v) is 2.87. The van der Waals surface area contributed by atoms with Crippen molar-refractivity contribution in [1.82, 2.24) is 5.32 Å². The first-order valence-electron chi connectivity index (χ1n) is 6.00. The van der Waals surface area contributed by atoms with Crippen LogP contribution in [0.4, 0.5) is 17.6 Å². The summed E-state index contributed by atoms with van der Waals surface area (Å²) in [4.78, 5) is 11.9. The summed E-state index contributed by atoms with van der Waals surface area (Å²) in [6, 6.07) is 5.16. The highest BCUT2D eigenvalue weighted by Gasteiger charge is 2.35. The van der Waals surface area contributed by atoms with Gasteiger partial charge in [0.2, 0.25) is 0 Å². The molecule has 7 heteroatoms. The third-order valence-electron chi connectivity index (χ3n) is 2.87. The molecule has 2 rings (SSSR count). The van der Waals surface area contributed by atoms with Gasteiger partial charge >= 0.3 is 6.18 Å². The van der Waals surface area contributed by atoms with Crippen molar-refractivity contribution in [2.45, 2.75) is 19.1 Å². The van der Waals surface area contributed by atoms with Crippen LogP contribution in [0.15, 0.2) is 41.0 Å². The molecule has 2 aromatic rings. The summed E-state index contributed by atoms with van der Waals surface area (Å²) in [5.41, 5.74) is -2.14. The second-order valence-electron chi connectivity index (χ2n) is 4.38. The lowest BCUT2D eigenvalue weighted by molar-refractivity contribution is -0.140. The molecule has 112 valence electrons. The summed E-state index contributed by atoms with van der Waals surface area (Å²) in [5.74, 6) is -2.12. The molecule has 3 nitrogen and oxygen atoms in total. The smallest absolute Gasteiger partial charge is 0.419 e. The molecule has 1 heterocycles. The molecule has 0 saturated carbocycles. The number of rotatable bonds is 3. The Bertz CT molecular complexity index is 635. The topological polar surface area (TPSA) is 42.2 Å². The van der Waals surface area contributed by atoms with Crippen molar-refractivity contribution < 1.29 is 26.8 Å². The SMILES string of the molecule is CC(NC(=O)c1cccc(C(F)(F)F)c1F)c1ccco1. The zero-order valence-corrected chi connectivity index (χ0v) is 10.9. The van der Waals surface area contributed by atoms with E-state index >= 15 is 0 Å². The number of nitrogens with one attached hydrogen (secondary N) is 1. The minimum Gasteiger partial charge on any atom is -0.467 e. The molecule has 0 radical (unpaired) electrons. The first-order chi connectivity index (χ1) is 9.80. The van der Waals surface area contributed by atoms with Gasteiger partial charge in [-0.3, -0.25) is 4.79 Å². The van der Waals surface area contributed by atoms with Gasteiger partial charge in [0, 0.05) is 0 Å². The fourth-order valence-electron chi connectivity index (χ4n) is 1.81. The van der Waals surface area contributed by atoms with Gasteiger partial charge < -0.3 is 9.73 Å². The average Bonchev–Trinajstić information content (AvgIpc) is 2.91. The zero-order valence-electron chi connectivity index (χ0n) is 10.9. The molecule has 0 spiro atoms. The number of halogens is 4. The van der Waals surface area contributed by atoms with E-state index in [9.17, 15) is 22.4 Å². The Morgan fingerprint density at radius 3 is 2.52 bits per heavy atom. The van der Waals surface area contributed by atoms with E-state index in [-0.39, 0.29) is 0 Å². The number of alkyl halides is 3. The number of benzene rings is 1. The van der Waals surface area contributed by atoms with Gasteiger partial charge in [-0.25, -0.2) is 4.39 Å². The van der Waals surface area contributed by atoms with E-state index in [2.05, 4.69) is 5.32 Å². The van der Waals surface area contributed by atoms with Gasteiger partial charge in [0.15, 0.2) is 0 Å². The normalized spacial score (nSPS) is 13.0. The predicted octanol–water partition coefficient (Wildman–Crippen LogP) is 3.93. The molecule has 21 heavy (non-hydrogen) atoms. The van der Waals surface area contributed by atoms with Gasteiger partial charge in [0.05, 0.1) is 23.4 Å². The van der Waals surface area contributed by atoms with Crippen LogP contribution in [0.5, 0.6) is 0 Å². The van der Waals surface area contributed by atoms with Crippen LogP contribution in [-0.2, 0) is 6.18 Å². The minimum atomic E-state index is -4.85. The molecule has 1 aromatic carbocycles. The van der Waals surface area contributed by atoms with Gasteiger partial charge in [0.1, 0.15) is 11.6 Å². The van der Waals surface area contributed by atoms with Crippen LogP contribution >= 0.6 is 0 Å².